The highest BCUT2D eigenvalue weighted by Crippen LogP contribution is 2.28. The van der Waals surface area contributed by atoms with Gasteiger partial charge in [-0.15, -0.1) is 0 Å². The number of nitrogens with one attached hydrogen (secondary N) is 1. The zero-order valence-electron chi connectivity index (χ0n) is 10.3. The lowest BCUT2D eigenvalue weighted by atomic mass is 10.2. The molecule has 1 amide bonds. The molecule has 0 bridgehead atoms. The molecule has 0 aliphatic carbocycles. The van der Waals surface area contributed by atoms with Gasteiger partial charge in [-0.25, -0.2) is 4.39 Å². The lowest BCUT2D eigenvalue weighted by Gasteiger charge is -2.07. The first-order valence-electron chi connectivity index (χ1n) is 5.59. The van der Waals surface area contributed by atoms with E-state index < -0.39 is 28.0 Å². The van der Waals surface area contributed by atoms with E-state index in [0.717, 1.165) is 12.1 Å². The second-order valence-corrected chi connectivity index (χ2v) is 5.36. The van der Waals surface area contributed by atoms with E-state index in [9.17, 15) is 19.3 Å². The molecule has 0 heterocycles. The van der Waals surface area contributed by atoms with Crippen LogP contribution in [0.3, 0.4) is 0 Å². The van der Waals surface area contributed by atoms with E-state index in [1.54, 1.807) is 6.07 Å². The molecule has 0 aliphatic heterocycles. The van der Waals surface area contributed by atoms with Crippen molar-refractivity contribution in [2.45, 2.75) is 0 Å². The number of nitro benzene ring substituents is 1. The molecule has 108 valence electrons. The van der Waals surface area contributed by atoms with Crippen LogP contribution in [0, 0.1) is 15.9 Å². The Balaban J connectivity index is 2.38. The maximum absolute atomic E-state index is 13.7. The number of amides is 1. The minimum Gasteiger partial charge on any atom is -0.314 e. The Bertz CT molecular complexity index is 719. The molecule has 21 heavy (non-hydrogen) atoms. The number of nitrogens with zero attached hydrogens (tertiary/aromatic N) is 1. The van der Waals surface area contributed by atoms with Gasteiger partial charge < -0.3 is 5.32 Å². The predicted octanol–water partition coefficient (Wildman–Crippen LogP) is 4.40. The van der Waals surface area contributed by atoms with Gasteiger partial charge in [0.05, 0.1) is 4.92 Å². The zero-order valence-corrected chi connectivity index (χ0v) is 12.6. The fourth-order valence-corrected chi connectivity index (χ4v) is 2.52. The molecule has 2 rings (SSSR count). The largest absolute Gasteiger partial charge is 0.314 e. The van der Waals surface area contributed by atoms with Crippen LogP contribution in [-0.4, -0.2) is 10.8 Å². The van der Waals surface area contributed by atoms with Gasteiger partial charge in [-0.1, -0.05) is 33.6 Å². The van der Waals surface area contributed by atoms with Crippen LogP contribution in [0.1, 0.15) is 10.4 Å². The summed E-state index contributed by atoms with van der Waals surface area (Å²) in [5, 5.41) is 13.4. The molecule has 8 heteroatoms. The third-order valence-corrected chi connectivity index (χ3v) is 3.23. The van der Waals surface area contributed by atoms with Crippen LogP contribution in [0.2, 0.25) is 5.02 Å². The monoisotopic (exact) mass is 372 g/mol. The van der Waals surface area contributed by atoms with E-state index in [-0.39, 0.29) is 5.56 Å². The summed E-state index contributed by atoms with van der Waals surface area (Å²) in [5.41, 5.74) is -0.861. The third kappa shape index (κ3) is 3.56. The number of rotatable bonds is 3. The van der Waals surface area contributed by atoms with Crippen molar-refractivity contribution in [3.63, 3.8) is 0 Å². The average Bonchev–Trinajstić information content (AvgIpc) is 2.39. The van der Waals surface area contributed by atoms with Crippen molar-refractivity contribution in [2.24, 2.45) is 0 Å². The fraction of sp³-hybridized carbons (Fsp3) is 0. The van der Waals surface area contributed by atoms with Gasteiger partial charge in [0.2, 0.25) is 0 Å². The van der Waals surface area contributed by atoms with Gasteiger partial charge in [0.15, 0.2) is 11.5 Å². The van der Waals surface area contributed by atoms with Crippen molar-refractivity contribution in [1.29, 1.82) is 0 Å². The van der Waals surface area contributed by atoms with Gasteiger partial charge in [-0.2, -0.15) is 0 Å². The van der Waals surface area contributed by atoms with E-state index in [0.29, 0.717) is 9.50 Å². The van der Waals surface area contributed by atoms with Gasteiger partial charge in [0, 0.05) is 21.1 Å². The molecule has 5 nitrogen and oxygen atoms in total. The first-order valence-corrected chi connectivity index (χ1v) is 6.76. The molecule has 0 aliphatic rings. The molecule has 1 N–H and O–H groups in total. The predicted molar refractivity (Wildman–Crippen MR) is 80.2 cm³/mol. The SMILES string of the molecule is O=C(Nc1c(F)cccc1[N+](=O)[O-])c1cc(Cl)cc(Br)c1. The Hall–Kier alpha value is -1.99. The quantitative estimate of drug-likeness (QED) is 0.640. The molecule has 0 spiro atoms. The minimum atomic E-state index is -0.890. The number of carbonyl (C=O) groups is 1. The van der Waals surface area contributed by atoms with E-state index in [1.165, 1.54) is 18.2 Å². The summed E-state index contributed by atoms with van der Waals surface area (Å²) in [5.74, 6) is -1.59. The zero-order chi connectivity index (χ0) is 15.6. The molecule has 0 fully saturated rings. The number of carbonyl (C=O) groups excluding carboxylic acids is 1. The van der Waals surface area contributed by atoms with Crippen LogP contribution >= 0.6 is 27.5 Å². The topological polar surface area (TPSA) is 72.2 Å². The van der Waals surface area contributed by atoms with Crippen molar-refractivity contribution in [3.8, 4) is 0 Å². The van der Waals surface area contributed by atoms with Crippen molar-refractivity contribution in [3.05, 3.63) is 67.4 Å². The van der Waals surface area contributed by atoms with Gasteiger partial charge in [-0.3, -0.25) is 14.9 Å². The number of hydrogen-bond acceptors (Lipinski definition) is 3. The van der Waals surface area contributed by atoms with Crippen LogP contribution in [-0.2, 0) is 0 Å². The molecular weight excluding hydrogens is 367 g/mol. The van der Waals surface area contributed by atoms with Gasteiger partial charge in [-0.05, 0) is 24.3 Å². The summed E-state index contributed by atoms with van der Waals surface area (Å²) in [6.45, 7) is 0. The molecule has 0 saturated heterocycles. The smallest absolute Gasteiger partial charge is 0.295 e. The normalized spacial score (nSPS) is 10.2. The van der Waals surface area contributed by atoms with Crippen LogP contribution in [0.15, 0.2) is 40.9 Å². The first-order chi connectivity index (χ1) is 9.88. The first kappa shape index (κ1) is 15.4. The summed E-state index contributed by atoms with van der Waals surface area (Å²) in [4.78, 5) is 22.2. The average molecular weight is 374 g/mol. The summed E-state index contributed by atoms with van der Waals surface area (Å²) in [7, 11) is 0. The van der Waals surface area contributed by atoms with Crippen molar-refractivity contribution >= 4 is 44.8 Å². The summed E-state index contributed by atoms with van der Waals surface area (Å²) in [6.07, 6.45) is 0. The van der Waals surface area contributed by atoms with Crippen LogP contribution in [0.25, 0.3) is 0 Å². The molecule has 0 unspecified atom stereocenters. The highest BCUT2D eigenvalue weighted by Gasteiger charge is 2.20. The Morgan fingerprint density at radius 2 is 2.05 bits per heavy atom. The van der Waals surface area contributed by atoms with E-state index in [2.05, 4.69) is 21.2 Å². The van der Waals surface area contributed by atoms with Gasteiger partial charge >= 0.3 is 0 Å². The highest BCUT2D eigenvalue weighted by molar-refractivity contribution is 9.10. The van der Waals surface area contributed by atoms with Crippen LogP contribution in [0.5, 0.6) is 0 Å². The lowest BCUT2D eigenvalue weighted by Crippen LogP contribution is -2.14. The third-order valence-electron chi connectivity index (χ3n) is 2.55. The van der Waals surface area contributed by atoms with Gasteiger partial charge in [0.1, 0.15) is 0 Å². The number of benzene rings is 2. The van der Waals surface area contributed by atoms with E-state index >= 15 is 0 Å². The van der Waals surface area contributed by atoms with Crippen LogP contribution < -0.4 is 5.32 Å². The number of hydrogen-bond donors (Lipinski definition) is 1. The number of nitro groups is 1. The molecule has 0 saturated carbocycles. The molecule has 2 aromatic carbocycles. The number of halogens is 3. The van der Waals surface area contributed by atoms with E-state index in [1.807, 2.05) is 0 Å². The molecule has 0 aromatic heterocycles. The van der Waals surface area contributed by atoms with Crippen molar-refractivity contribution in [1.82, 2.24) is 0 Å². The number of para-hydroxylation sites is 1. The fourth-order valence-electron chi connectivity index (χ4n) is 1.66. The Morgan fingerprint density at radius 1 is 1.33 bits per heavy atom. The van der Waals surface area contributed by atoms with Crippen molar-refractivity contribution in [2.75, 3.05) is 5.32 Å². The molecular formula is C13H7BrClFN2O3. The molecule has 0 atom stereocenters. The van der Waals surface area contributed by atoms with Crippen LogP contribution in [0.4, 0.5) is 15.8 Å². The van der Waals surface area contributed by atoms with Gasteiger partial charge in [0.25, 0.3) is 11.6 Å². The molecule has 0 radical (unpaired) electrons. The second-order valence-electron chi connectivity index (χ2n) is 4.00. The van der Waals surface area contributed by atoms with Crippen molar-refractivity contribution < 1.29 is 14.1 Å². The van der Waals surface area contributed by atoms with E-state index in [4.69, 9.17) is 11.6 Å². The number of anilines is 1. The Labute approximate surface area is 132 Å². The standard InChI is InChI=1S/C13H7BrClFN2O3/c14-8-4-7(5-9(15)6-8)13(19)17-12-10(16)2-1-3-11(12)18(20)21/h1-6H,(H,17,19). The highest BCUT2D eigenvalue weighted by atomic mass is 79.9. The minimum absolute atomic E-state index is 0.145. The second kappa shape index (κ2) is 6.19. The summed E-state index contributed by atoms with van der Waals surface area (Å²) >= 11 is 8.99. The summed E-state index contributed by atoms with van der Waals surface area (Å²) < 4.78 is 14.2. The summed E-state index contributed by atoms with van der Waals surface area (Å²) in [6, 6.07) is 7.73. The Morgan fingerprint density at radius 3 is 2.67 bits per heavy atom. The maximum Gasteiger partial charge on any atom is 0.295 e. The Kier molecular flexibility index (Phi) is 4.54. The lowest BCUT2D eigenvalue weighted by molar-refractivity contribution is -0.384. The maximum atomic E-state index is 13.7. The molecule has 2 aromatic rings.